The Hall–Kier alpha value is -2.04. The van der Waals surface area contributed by atoms with Crippen molar-refractivity contribution in [2.75, 3.05) is 0 Å². The van der Waals surface area contributed by atoms with E-state index in [1.807, 2.05) is 0 Å². The molecular formula is C10H10N2O3. The lowest BCUT2D eigenvalue weighted by molar-refractivity contribution is -0.136. The molecular weight excluding hydrogens is 196 g/mol. The highest BCUT2D eigenvalue weighted by Crippen LogP contribution is 2.27. The predicted octanol–water partition coefficient (Wildman–Crippen LogP) is 0.906. The van der Waals surface area contributed by atoms with Crippen molar-refractivity contribution in [1.29, 1.82) is 0 Å². The van der Waals surface area contributed by atoms with Crippen molar-refractivity contribution < 1.29 is 15.0 Å². The molecule has 5 heteroatoms. The number of aromatic hydroxyl groups is 1. The van der Waals surface area contributed by atoms with Gasteiger partial charge >= 0.3 is 5.97 Å². The molecule has 15 heavy (non-hydrogen) atoms. The molecule has 0 radical (unpaired) electrons. The number of aliphatic carboxylic acids is 1. The van der Waals surface area contributed by atoms with Gasteiger partial charge in [0.25, 0.3) is 0 Å². The summed E-state index contributed by atoms with van der Waals surface area (Å²) in [5, 5.41) is 23.0. The molecule has 2 aromatic rings. The van der Waals surface area contributed by atoms with Gasteiger partial charge in [-0.15, -0.1) is 0 Å². The van der Waals surface area contributed by atoms with Crippen LogP contribution in [0.1, 0.15) is 5.69 Å². The summed E-state index contributed by atoms with van der Waals surface area (Å²) in [6.07, 6.45) is -0.148. The van der Waals surface area contributed by atoms with Crippen LogP contribution >= 0.6 is 0 Å². The maximum absolute atomic E-state index is 10.7. The molecule has 0 spiro atoms. The summed E-state index contributed by atoms with van der Waals surface area (Å²) in [5.41, 5.74) is 1.12. The molecule has 0 saturated carbocycles. The van der Waals surface area contributed by atoms with Gasteiger partial charge in [0.05, 0.1) is 23.0 Å². The van der Waals surface area contributed by atoms with Gasteiger partial charge in [-0.3, -0.25) is 9.48 Å². The minimum Gasteiger partial charge on any atom is -0.507 e. The number of carboxylic acids is 1. The first-order chi connectivity index (χ1) is 7.09. The molecule has 0 saturated heterocycles. The SMILES string of the molecule is Cn1nc2cccc(O)c2c1CC(=O)O. The number of nitrogens with zero attached hydrogens (tertiary/aromatic N) is 2. The average molecular weight is 206 g/mol. The van der Waals surface area contributed by atoms with E-state index in [2.05, 4.69) is 5.10 Å². The van der Waals surface area contributed by atoms with Crippen LogP contribution in [-0.2, 0) is 18.3 Å². The molecule has 0 aliphatic carbocycles. The van der Waals surface area contributed by atoms with Crippen LogP contribution < -0.4 is 0 Å². The van der Waals surface area contributed by atoms with Crippen LogP contribution in [-0.4, -0.2) is 26.0 Å². The highest BCUT2D eigenvalue weighted by molar-refractivity contribution is 5.90. The molecule has 5 nitrogen and oxygen atoms in total. The maximum Gasteiger partial charge on any atom is 0.309 e. The highest BCUT2D eigenvalue weighted by Gasteiger charge is 2.14. The molecule has 2 rings (SSSR count). The van der Waals surface area contributed by atoms with Gasteiger partial charge in [0.2, 0.25) is 0 Å². The van der Waals surface area contributed by atoms with Crippen LogP contribution in [0.3, 0.4) is 0 Å². The topological polar surface area (TPSA) is 75.3 Å². The number of carboxylic acid groups (broad SMARTS) is 1. The number of aromatic nitrogens is 2. The fourth-order valence-electron chi connectivity index (χ4n) is 1.64. The van der Waals surface area contributed by atoms with E-state index in [0.717, 1.165) is 0 Å². The van der Waals surface area contributed by atoms with Crippen molar-refractivity contribution in [3.05, 3.63) is 23.9 Å². The monoisotopic (exact) mass is 206 g/mol. The average Bonchev–Trinajstić information content (AvgIpc) is 2.43. The zero-order chi connectivity index (χ0) is 11.0. The number of carbonyl (C=O) groups is 1. The molecule has 0 aliphatic rings. The van der Waals surface area contributed by atoms with Crippen LogP contribution in [0.15, 0.2) is 18.2 Å². The quantitative estimate of drug-likeness (QED) is 0.765. The second kappa shape index (κ2) is 3.27. The van der Waals surface area contributed by atoms with Crippen molar-refractivity contribution in [2.45, 2.75) is 6.42 Å². The van der Waals surface area contributed by atoms with E-state index in [0.29, 0.717) is 16.6 Å². The third-order valence-corrected chi connectivity index (χ3v) is 2.28. The second-order valence-corrected chi connectivity index (χ2v) is 3.31. The summed E-state index contributed by atoms with van der Waals surface area (Å²) < 4.78 is 1.48. The Morgan fingerprint density at radius 1 is 1.53 bits per heavy atom. The first-order valence-corrected chi connectivity index (χ1v) is 4.45. The van der Waals surface area contributed by atoms with Crippen LogP contribution in [0.4, 0.5) is 0 Å². The van der Waals surface area contributed by atoms with Crippen molar-refractivity contribution in [2.24, 2.45) is 7.05 Å². The van der Waals surface area contributed by atoms with E-state index in [9.17, 15) is 9.90 Å². The van der Waals surface area contributed by atoms with E-state index >= 15 is 0 Å². The zero-order valence-electron chi connectivity index (χ0n) is 8.14. The lowest BCUT2D eigenvalue weighted by atomic mass is 10.1. The Kier molecular flexibility index (Phi) is 2.07. The third kappa shape index (κ3) is 1.52. The lowest BCUT2D eigenvalue weighted by Crippen LogP contribution is -2.06. The van der Waals surface area contributed by atoms with Gasteiger partial charge in [-0.05, 0) is 12.1 Å². The zero-order valence-corrected chi connectivity index (χ0v) is 8.14. The lowest BCUT2D eigenvalue weighted by Gasteiger charge is -1.99. The predicted molar refractivity (Wildman–Crippen MR) is 53.7 cm³/mol. The fraction of sp³-hybridized carbons (Fsp3) is 0.200. The number of benzene rings is 1. The number of phenolic OH excluding ortho intramolecular Hbond substituents is 1. The van der Waals surface area contributed by atoms with Crippen LogP contribution in [0, 0.1) is 0 Å². The van der Waals surface area contributed by atoms with Gasteiger partial charge in [-0.25, -0.2) is 0 Å². The number of hydrogen-bond acceptors (Lipinski definition) is 3. The molecule has 0 fully saturated rings. The summed E-state index contributed by atoms with van der Waals surface area (Å²) in [7, 11) is 1.66. The highest BCUT2D eigenvalue weighted by atomic mass is 16.4. The Labute approximate surface area is 85.6 Å². The van der Waals surface area contributed by atoms with Crippen LogP contribution in [0.25, 0.3) is 10.9 Å². The maximum atomic E-state index is 10.7. The molecule has 0 aliphatic heterocycles. The van der Waals surface area contributed by atoms with Crippen molar-refractivity contribution in [1.82, 2.24) is 9.78 Å². The summed E-state index contributed by atoms with van der Waals surface area (Å²) >= 11 is 0. The van der Waals surface area contributed by atoms with E-state index in [4.69, 9.17) is 5.11 Å². The molecule has 0 atom stereocenters. The van der Waals surface area contributed by atoms with Gasteiger partial charge in [0.1, 0.15) is 5.75 Å². The Morgan fingerprint density at radius 2 is 2.27 bits per heavy atom. The summed E-state index contributed by atoms with van der Waals surface area (Å²) in [5.74, 6) is -0.875. The molecule has 1 aromatic carbocycles. The van der Waals surface area contributed by atoms with E-state index in [1.54, 1.807) is 19.2 Å². The van der Waals surface area contributed by atoms with E-state index in [-0.39, 0.29) is 12.2 Å². The second-order valence-electron chi connectivity index (χ2n) is 3.31. The van der Waals surface area contributed by atoms with Gasteiger partial charge < -0.3 is 10.2 Å². The number of rotatable bonds is 2. The molecule has 1 aromatic heterocycles. The fourth-order valence-corrected chi connectivity index (χ4v) is 1.64. The van der Waals surface area contributed by atoms with Crippen LogP contribution in [0.5, 0.6) is 5.75 Å². The molecule has 0 amide bonds. The standard InChI is InChI=1S/C10H10N2O3/c1-12-7(5-9(14)15)10-6(11-12)3-2-4-8(10)13/h2-4,13H,5H2,1H3,(H,14,15). The number of phenols is 1. The minimum atomic E-state index is -0.942. The van der Waals surface area contributed by atoms with Crippen molar-refractivity contribution in [3.8, 4) is 5.75 Å². The van der Waals surface area contributed by atoms with Crippen LogP contribution in [0.2, 0.25) is 0 Å². The first kappa shape index (κ1) is 9.51. The van der Waals surface area contributed by atoms with E-state index < -0.39 is 5.97 Å². The van der Waals surface area contributed by atoms with Gasteiger partial charge in [0, 0.05) is 7.05 Å². The number of fused-ring (bicyclic) bond motifs is 1. The van der Waals surface area contributed by atoms with Gasteiger partial charge in [0.15, 0.2) is 0 Å². The van der Waals surface area contributed by atoms with Gasteiger partial charge in [-0.1, -0.05) is 6.07 Å². The first-order valence-electron chi connectivity index (χ1n) is 4.45. The molecule has 78 valence electrons. The molecule has 0 bridgehead atoms. The molecule has 2 N–H and O–H groups in total. The minimum absolute atomic E-state index is 0.0665. The normalized spacial score (nSPS) is 10.7. The summed E-state index contributed by atoms with van der Waals surface area (Å²) in [6, 6.07) is 4.94. The Morgan fingerprint density at radius 3 is 2.93 bits per heavy atom. The summed E-state index contributed by atoms with van der Waals surface area (Å²) in [6.45, 7) is 0. The number of hydrogen-bond donors (Lipinski definition) is 2. The van der Waals surface area contributed by atoms with Gasteiger partial charge in [-0.2, -0.15) is 5.10 Å². The Bertz CT molecular complexity index is 531. The Balaban J connectivity index is 2.71. The largest absolute Gasteiger partial charge is 0.507 e. The number of aryl methyl sites for hydroxylation is 1. The molecule has 1 heterocycles. The van der Waals surface area contributed by atoms with E-state index in [1.165, 1.54) is 10.7 Å². The third-order valence-electron chi connectivity index (χ3n) is 2.28. The molecule has 0 unspecified atom stereocenters. The summed E-state index contributed by atoms with van der Waals surface area (Å²) in [4.78, 5) is 10.7. The van der Waals surface area contributed by atoms with Crippen molar-refractivity contribution >= 4 is 16.9 Å². The van der Waals surface area contributed by atoms with Crippen molar-refractivity contribution in [3.63, 3.8) is 0 Å². The smallest absolute Gasteiger partial charge is 0.309 e.